The topological polar surface area (TPSA) is 110 Å². The average Bonchev–Trinajstić information content (AvgIpc) is 2.47. The van der Waals surface area contributed by atoms with Crippen LogP contribution in [0.4, 0.5) is 0 Å². The van der Waals surface area contributed by atoms with Crippen molar-refractivity contribution < 1.29 is 25.1 Å². The van der Waals surface area contributed by atoms with E-state index in [-0.39, 0.29) is 18.8 Å². The van der Waals surface area contributed by atoms with Crippen LogP contribution >= 0.6 is 0 Å². The molecule has 0 radical (unpaired) electrons. The van der Waals surface area contributed by atoms with Crippen LogP contribution in [0.1, 0.15) is 12.8 Å². The first-order valence-electron chi connectivity index (χ1n) is 5.02. The van der Waals surface area contributed by atoms with Crippen LogP contribution in [0, 0.1) is 5.92 Å². The number of aliphatic hydroxyl groups excluding tert-OH is 1. The fourth-order valence-corrected chi connectivity index (χ4v) is 1.94. The van der Waals surface area contributed by atoms with Gasteiger partial charge in [-0.25, -0.2) is 0 Å². The zero-order chi connectivity index (χ0) is 11.4. The van der Waals surface area contributed by atoms with Gasteiger partial charge >= 0.3 is 13.1 Å². The maximum atomic E-state index is 10.8. The van der Waals surface area contributed by atoms with Gasteiger partial charge in [0.05, 0.1) is 6.10 Å². The van der Waals surface area contributed by atoms with Crippen molar-refractivity contribution in [3.63, 3.8) is 0 Å². The number of β-amino-alcohol motifs (C(OH)–C–C–N with tert-alkyl or cyclic N) is 1. The van der Waals surface area contributed by atoms with Gasteiger partial charge in [-0.05, 0) is 12.7 Å². The van der Waals surface area contributed by atoms with Crippen molar-refractivity contribution in [1.82, 2.24) is 5.32 Å². The third kappa shape index (κ3) is 3.46. The van der Waals surface area contributed by atoms with Crippen LogP contribution in [-0.2, 0) is 4.79 Å². The Morgan fingerprint density at radius 3 is 2.67 bits per heavy atom. The molecule has 1 aliphatic rings. The van der Waals surface area contributed by atoms with Gasteiger partial charge < -0.3 is 25.6 Å². The monoisotopic (exact) mass is 217 g/mol. The molecule has 0 bridgehead atoms. The maximum absolute atomic E-state index is 10.8. The average molecular weight is 217 g/mol. The van der Waals surface area contributed by atoms with E-state index in [1.165, 1.54) is 0 Å². The van der Waals surface area contributed by atoms with E-state index in [9.17, 15) is 9.90 Å². The minimum Gasteiger partial charge on any atom is -0.480 e. The summed E-state index contributed by atoms with van der Waals surface area (Å²) < 4.78 is 0. The zero-order valence-corrected chi connectivity index (χ0v) is 8.33. The summed E-state index contributed by atoms with van der Waals surface area (Å²) in [5, 5.41) is 38.3. The summed E-state index contributed by atoms with van der Waals surface area (Å²) in [6.07, 6.45) is 0.505. The molecule has 6 nitrogen and oxygen atoms in total. The second-order valence-electron chi connectivity index (χ2n) is 3.87. The molecule has 1 saturated heterocycles. The number of aliphatic hydroxyl groups is 1. The quantitative estimate of drug-likeness (QED) is 0.350. The van der Waals surface area contributed by atoms with E-state index in [2.05, 4.69) is 5.32 Å². The first kappa shape index (κ1) is 12.4. The number of carbonyl (C=O) groups is 1. The third-order valence-electron chi connectivity index (χ3n) is 2.74. The zero-order valence-electron chi connectivity index (χ0n) is 8.33. The van der Waals surface area contributed by atoms with Crippen molar-refractivity contribution in [1.29, 1.82) is 0 Å². The minimum absolute atomic E-state index is 0.204. The van der Waals surface area contributed by atoms with Crippen LogP contribution in [0.5, 0.6) is 0 Å². The molecule has 0 spiro atoms. The SMILES string of the molecule is O=C(O)[C@H]1NC[C@H](O)[C@@H]1CCCB(O)O. The summed E-state index contributed by atoms with van der Waals surface area (Å²) in [5.74, 6) is -1.32. The van der Waals surface area contributed by atoms with Gasteiger partial charge in [0, 0.05) is 12.5 Å². The summed E-state index contributed by atoms with van der Waals surface area (Å²) >= 11 is 0. The van der Waals surface area contributed by atoms with Crippen LogP contribution in [0.25, 0.3) is 0 Å². The molecule has 0 aliphatic carbocycles. The first-order valence-corrected chi connectivity index (χ1v) is 5.02. The third-order valence-corrected chi connectivity index (χ3v) is 2.74. The Balaban J connectivity index is 2.39. The largest absolute Gasteiger partial charge is 0.480 e. The molecule has 3 atom stereocenters. The highest BCUT2D eigenvalue weighted by molar-refractivity contribution is 6.40. The molecule has 1 heterocycles. The van der Waals surface area contributed by atoms with Gasteiger partial charge in [-0.15, -0.1) is 0 Å². The highest BCUT2D eigenvalue weighted by Crippen LogP contribution is 2.22. The Bertz CT molecular complexity index is 225. The molecule has 0 aromatic carbocycles. The lowest BCUT2D eigenvalue weighted by Gasteiger charge is -2.17. The summed E-state index contributed by atoms with van der Waals surface area (Å²) in [4.78, 5) is 10.8. The standard InChI is InChI=1S/C8H16BNO5/c11-6-4-10-7(8(12)13)5(6)2-1-3-9(14)15/h5-7,10-11,14-15H,1-4H2,(H,12,13)/t5-,6-,7-/m0/s1. The first-order chi connectivity index (χ1) is 7.02. The molecule has 0 unspecified atom stereocenters. The molecular formula is C8H16BNO5. The number of carboxylic acids is 1. The molecule has 1 fully saturated rings. The van der Waals surface area contributed by atoms with Crippen molar-refractivity contribution in [3.8, 4) is 0 Å². The van der Waals surface area contributed by atoms with Crippen LogP contribution in [0.2, 0.25) is 6.32 Å². The summed E-state index contributed by atoms with van der Waals surface area (Å²) in [6, 6.07) is -0.726. The normalized spacial score (nSPS) is 30.5. The van der Waals surface area contributed by atoms with Crippen LogP contribution < -0.4 is 5.32 Å². The molecule has 0 aromatic rings. The van der Waals surface area contributed by atoms with Crippen LogP contribution in [-0.4, -0.2) is 52.0 Å². The highest BCUT2D eigenvalue weighted by atomic mass is 16.4. The number of aliphatic carboxylic acids is 1. The molecule has 1 aliphatic heterocycles. The summed E-state index contributed by atoms with van der Waals surface area (Å²) in [6.45, 7) is 0.281. The van der Waals surface area contributed by atoms with E-state index in [4.69, 9.17) is 15.2 Å². The molecule has 1 rings (SSSR count). The Morgan fingerprint density at radius 2 is 2.13 bits per heavy atom. The van der Waals surface area contributed by atoms with Crippen molar-refractivity contribution in [3.05, 3.63) is 0 Å². The maximum Gasteiger partial charge on any atom is 0.451 e. The van der Waals surface area contributed by atoms with E-state index in [1.807, 2.05) is 0 Å². The fraction of sp³-hybridized carbons (Fsp3) is 0.875. The van der Waals surface area contributed by atoms with Gasteiger partial charge in [-0.3, -0.25) is 4.79 Å². The van der Waals surface area contributed by atoms with Crippen molar-refractivity contribution in [2.75, 3.05) is 6.54 Å². The molecule has 15 heavy (non-hydrogen) atoms. The predicted molar refractivity (Wildman–Crippen MR) is 53.2 cm³/mol. The van der Waals surface area contributed by atoms with E-state index in [0.717, 1.165) is 0 Å². The van der Waals surface area contributed by atoms with E-state index in [0.29, 0.717) is 12.8 Å². The lowest BCUT2D eigenvalue weighted by atomic mass is 9.81. The van der Waals surface area contributed by atoms with Gasteiger partial charge in [-0.2, -0.15) is 0 Å². The van der Waals surface area contributed by atoms with E-state index in [1.54, 1.807) is 0 Å². The molecule has 7 heteroatoms. The Kier molecular flexibility index (Phi) is 4.53. The van der Waals surface area contributed by atoms with Gasteiger partial charge in [0.15, 0.2) is 0 Å². The van der Waals surface area contributed by atoms with Crippen LogP contribution in [0.3, 0.4) is 0 Å². The van der Waals surface area contributed by atoms with Crippen molar-refractivity contribution >= 4 is 13.1 Å². The smallest absolute Gasteiger partial charge is 0.451 e. The van der Waals surface area contributed by atoms with E-state index < -0.39 is 25.2 Å². The van der Waals surface area contributed by atoms with Crippen LogP contribution in [0.15, 0.2) is 0 Å². The summed E-state index contributed by atoms with van der Waals surface area (Å²) in [5.41, 5.74) is 0. The second-order valence-corrected chi connectivity index (χ2v) is 3.87. The Morgan fingerprint density at radius 1 is 1.47 bits per heavy atom. The number of hydrogen-bond acceptors (Lipinski definition) is 5. The molecule has 0 saturated carbocycles. The second kappa shape index (κ2) is 5.46. The molecule has 0 amide bonds. The van der Waals surface area contributed by atoms with Crippen molar-refractivity contribution in [2.24, 2.45) is 5.92 Å². The molecule has 0 aromatic heterocycles. The number of hydrogen-bond donors (Lipinski definition) is 5. The molecule has 86 valence electrons. The van der Waals surface area contributed by atoms with E-state index >= 15 is 0 Å². The Labute approximate surface area is 88.1 Å². The predicted octanol–water partition coefficient (Wildman–Crippen LogP) is -1.73. The lowest BCUT2D eigenvalue weighted by Crippen LogP contribution is -2.36. The Hall–Kier alpha value is -0.625. The van der Waals surface area contributed by atoms with Gasteiger partial charge in [0.2, 0.25) is 0 Å². The highest BCUT2D eigenvalue weighted by Gasteiger charge is 2.38. The number of rotatable bonds is 5. The number of carboxylic acid groups (broad SMARTS) is 1. The number of nitrogens with one attached hydrogen (secondary N) is 1. The fourth-order valence-electron chi connectivity index (χ4n) is 1.94. The van der Waals surface area contributed by atoms with Gasteiger partial charge in [-0.1, -0.05) is 6.42 Å². The van der Waals surface area contributed by atoms with Gasteiger partial charge in [0.25, 0.3) is 0 Å². The molecule has 5 N–H and O–H groups in total. The lowest BCUT2D eigenvalue weighted by molar-refractivity contribution is -0.140. The van der Waals surface area contributed by atoms with Gasteiger partial charge in [0.1, 0.15) is 6.04 Å². The summed E-state index contributed by atoms with van der Waals surface area (Å²) in [7, 11) is -1.36. The molecular weight excluding hydrogens is 201 g/mol. The van der Waals surface area contributed by atoms with Crippen molar-refractivity contribution in [2.45, 2.75) is 31.3 Å². The minimum atomic E-state index is -1.36.